The molecule has 0 radical (unpaired) electrons. The van der Waals surface area contributed by atoms with E-state index < -0.39 is 0 Å². The van der Waals surface area contributed by atoms with Crippen molar-refractivity contribution < 1.29 is 14.3 Å². The molecule has 7 heteroatoms. The molecular formula is C23H22BrN3O3. The molecule has 0 aliphatic carbocycles. The highest BCUT2D eigenvalue weighted by Gasteiger charge is 2.12. The smallest absolute Gasteiger partial charge is 0.253 e. The molecule has 0 fully saturated rings. The first-order chi connectivity index (χ1) is 14.5. The van der Waals surface area contributed by atoms with Crippen molar-refractivity contribution in [1.82, 2.24) is 10.3 Å². The van der Waals surface area contributed by atoms with Crippen LogP contribution in [0.5, 0.6) is 0 Å². The van der Waals surface area contributed by atoms with Gasteiger partial charge in [0.25, 0.3) is 5.91 Å². The quantitative estimate of drug-likeness (QED) is 0.541. The van der Waals surface area contributed by atoms with Gasteiger partial charge < -0.3 is 15.4 Å². The van der Waals surface area contributed by atoms with Crippen LogP contribution in [0.15, 0.2) is 65.1 Å². The fourth-order valence-electron chi connectivity index (χ4n) is 2.97. The van der Waals surface area contributed by atoms with Crippen LogP contribution < -0.4 is 10.6 Å². The molecule has 0 spiro atoms. The Bertz CT molecular complexity index is 1070. The number of aryl methyl sites for hydroxylation is 1. The molecule has 2 aromatic carbocycles. The minimum atomic E-state index is -0.231. The van der Waals surface area contributed by atoms with Crippen LogP contribution in [-0.4, -0.2) is 30.5 Å². The molecule has 3 rings (SSSR count). The number of amides is 2. The molecule has 2 amide bonds. The van der Waals surface area contributed by atoms with E-state index in [-0.39, 0.29) is 18.4 Å². The number of nitrogens with one attached hydrogen (secondary N) is 2. The Hall–Kier alpha value is -3.03. The highest BCUT2D eigenvalue weighted by Crippen LogP contribution is 2.22. The third-order valence-electron chi connectivity index (χ3n) is 4.39. The molecule has 0 saturated carbocycles. The summed E-state index contributed by atoms with van der Waals surface area (Å²) in [6, 6.07) is 18.8. The molecule has 0 unspecified atom stereocenters. The van der Waals surface area contributed by atoms with Crippen molar-refractivity contribution in [2.24, 2.45) is 0 Å². The molecule has 1 aromatic heterocycles. The lowest BCUT2D eigenvalue weighted by Crippen LogP contribution is -2.24. The maximum absolute atomic E-state index is 12.6. The van der Waals surface area contributed by atoms with Gasteiger partial charge in [-0.2, -0.15) is 0 Å². The van der Waals surface area contributed by atoms with Crippen molar-refractivity contribution in [3.8, 4) is 11.3 Å². The molecule has 0 aliphatic heterocycles. The van der Waals surface area contributed by atoms with E-state index in [4.69, 9.17) is 4.74 Å². The zero-order valence-corrected chi connectivity index (χ0v) is 18.3. The number of pyridine rings is 1. The van der Waals surface area contributed by atoms with Crippen molar-refractivity contribution in [3.63, 3.8) is 0 Å². The standard InChI is InChI=1S/C23H22BrN3O3/c1-15-20(9-10-21(26-15)17-6-4-7-18(24)12-17)23(29)25-13-16-5-3-8-19(11-16)27-22(28)14-30-2/h3-12H,13-14H2,1-2H3,(H,25,29)(H,27,28). The first kappa shape index (κ1) is 21.7. The van der Waals surface area contributed by atoms with Crippen molar-refractivity contribution in [1.29, 1.82) is 0 Å². The molecule has 30 heavy (non-hydrogen) atoms. The summed E-state index contributed by atoms with van der Waals surface area (Å²) in [6.07, 6.45) is 0. The molecule has 0 atom stereocenters. The van der Waals surface area contributed by atoms with Crippen LogP contribution in [0.25, 0.3) is 11.3 Å². The highest BCUT2D eigenvalue weighted by molar-refractivity contribution is 9.10. The summed E-state index contributed by atoms with van der Waals surface area (Å²) in [5, 5.41) is 5.65. The van der Waals surface area contributed by atoms with Gasteiger partial charge in [-0.1, -0.05) is 40.2 Å². The molecule has 0 aliphatic rings. The number of aromatic nitrogens is 1. The van der Waals surface area contributed by atoms with Crippen LogP contribution >= 0.6 is 15.9 Å². The van der Waals surface area contributed by atoms with Gasteiger partial charge in [-0.3, -0.25) is 14.6 Å². The van der Waals surface area contributed by atoms with Gasteiger partial charge in [0.05, 0.1) is 17.0 Å². The third kappa shape index (κ3) is 5.75. The van der Waals surface area contributed by atoms with E-state index in [1.54, 1.807) is 12.1 Å². The summed E-state index contributed by atoms with van der Waals surface area (Å²) in [7, 11) is 1.47. The Balaban J connectivity index is 1.66. The summed E-state index contributed by atoms with van der Waals surface area (Å²) in [5.74, 6) is -0.430. The number of hydrogen-bond donors (Lipinski definition) is 2. The number of rotatable bonds is 7. The van der Waals surface area contributed by atoms with Gasteiger partial charge in [-0.15, -0.1) is 0 Å². The van der Waals surface area contributed by atoms with Gasteiger partial charge in [0.2, 0.25) is 5.91 Å². The predicted molar refractivity (Wildman–Crippen MR) is 120 cm³/mol. The number of carbonyl (C=O) groups is 2. The lowest BCUT2D eigenvalue weighted by Gasteiger charge is -2.11. The summed E-state index contributed by atoms with van der Waals surface area (Å²) in [4.78, 5) is 28.9. The van der Waals surface area contributed by atoms with Gasteiger partial charge in [-0.25, -0.2) is 0 Å². The number of nitrogens with zero attached hydrogens (tertiary/aromatic N) is 1. The minimum absolute atomic E-state index is 0.0107. The van der Waals surface area contributed by atoms with E-state index in [1.165, 1.54) is 7.11 Å². The largest absolute Gasteiger partial charge is 0.375 e. The molecule has 6 nitrogen and oxygen atoms in total. The average molecular weight is 468 g/mol. The first-order valence-electron chi connectivity index (χ1n) is 9.36. The Labute approximate surface area is 183 Å². The van der Waals surface area contributed by atoms with Gasteiger partial charge in [0.1, 0.15) is 6.61 Å². The van der Waals surface area contributed by atoms with Crippen molar-refractivity contribution in [2.45, 2.75) is 13.5 Å². The number of halogens is 1. The molecule has 2 N–H and O–H groups in total. The van der Waals surface area contributed by atoms with E-state index in [0.717, 1.165) is 21.3 Å². The fraction of sp³-hybridized carbons (Fsp3) is 0.174. The summed E-state index contributed by atoms with van der Waals surface area (Å²) < 4.78 is 5.78. The summed E-state index contributed by atoms with van der Waals surface area (Å²) in [5.41, 5.74) is 4.50. The summed E-state index contributed by atoms with van der Waals surface area (Å²) >= 11 is 3.46. The number of anilines is 1. The number of hydrogen-bond acceptors (Lipinski definition) is 4. The normalized spacial score (nSPS) is 10.5. The highest BCUT2D eigenvalue weighted by atomic mass is 79.9. The maximum Gasteiger partial charge on any atom is 0.253 e. The summed E-state index contributed by atoms with van der Waals surface area (Å²) in [6.45, 7) is 2.14. The van der Waals surface area contributed by atoms with Crippen LogP contribution in [0, 0.1) is 6.92 Å². The Morgan fingerprint density at radius 1 is 1.07 bits per heavy atom. The second-order valence-corrected chi connectivity index (χ2v) is 7.62. The van der Waals surface area contributed by atoms with E-state index in [0.29, 0.717) is 23.5 Å². The molecule has 3 aromatic rings. The third-order valence-corrected chi connectivity index (χ3v) is 4.88. The van der Waals surface area contributed by atoms with Crippen LogP contribution in [0.1, 0.15) is 21.6 Å². The molecule has 1 heterocycles. The van der Waals surface area contributed by atoms with Gasteiger partial charge in [0.15, 0.2) is 0 Å². The zero-order valence-electron chi connectivity index (χ0n) is 16.7. The molecule has 0 bridgehead atoms. The molecular weight excluding hydrogens is 446 g/mol. The van der Waals surface area contributed by atoms with E-state index in [2.05, 4.69) is 31.5 Å². The Kier molecular flexibility index (Phi) is 7.32. The topological polar surface area (TPSA) is 80.3 Å². The second-order valence-electron chi connectivity index (χ2n) is 6.70. The van der Waals surface area contributed by atoms with Crippen LogP contribution in [0.2, 0.25) is 0 Å². The van der Waals surface area contributed by atoms with Crippen molar-refractivity contribution >= 4 is 33.4 Å². The first-order valence-corrected chi connectivity index (χ1v) is 10.1. The van der Waals surface area contributed by atoms with Crippen LogP contribution in [-0.2, 0) is 16.1 Å². The zero-order chi connectivity index (χ0) is 21.5. The predicted octanol–water partition coefficient (Wildman–Crippen LogP) is 4.33. The number of benzene rings is 2. The Morgan fingerprint density at radius 3 is 2.60 bits per heavy atom. The number of ether oxygens (including phenoxy) is 1. The monoisotopic (exact) mass is 467 g/mol. The molecule has 154 valence electrons. The lowest BCUT2D eigenvalue weighted by molar-refractivity contribution is -0.119. The fourth-order valence-corrected chi connectivity index (χ4v) is 3.37. The SMILES string of the molecule is COCC(=O)Nc1cccc(CNC(=O)c2ccc(-c3cccc(Br)c3)nc2C)c1. The van der Waals surface area contributed by atoms with Gasteiger partial charge in [-0.05, 0) is 48.9 Å². The van der Waals surface area contributed by atoms with Crippen LogP contribution in [0.3, 0.4) is 0 Å². The number of methoxy groups -OCH3 is 1. The minimum Gasteiger partial charge on any atom is -0.375 e. The van der Waals surface area contributed by atoms with E-state index in [9.17, 15) is 9.59 Å². The van der Waals surface area contributed by atoms with Gasteiger partial charge in [0, 0.05) is 29.4 Å². The average Bonchev–Trinajstić information content (AvgIpc) is 2.72. The molecule has 0 saturated heterocycles. The Morgan fingerprint density at radius 2 is 1.87 bits per heavy atom. The van der Waals surface area contributed by atoms with Gasteiger partial charge >= 0.3 is 0 Å². The lowest BCUT2D eigenvalue weighted by atomic mass is 10.1. The van der Waals surface area contributed by atoms with Crippen molar-refractivity contribution in [3.05, 3.63) is 82.0 Å². The maximum atomic E-state index is 12.6. The number of carbonyl (C=O) groups excluding carboxylic acids is 2. The van der Waals surface area contributed by atoms with Crippen LogP contribution in [0.4, 0.5) is 5.69 Å². The van der Waals surface area contributed by atoms with E-state index >= 15 is 0 Å². The van der Waals surface area contributed by atoms with Crippen molar-refractivity contribution in [2.75, 3.05) is 19.0 Å². The van der Waals surface area contributed by atoms with E-state index in [1.807, 2.05) is 55.5 Å². The second kappa shape index (κ2) is 10.1.